The summed E-state index contributed by atoms with van der Waals surface area (Å²) < 4.78 is -0.288. The predicted molar refractivity (Wildman–Crippen MR) is 62.9 cm³/mol. The van der Waals surface area contributed by atoms with Gasteiger partial charge in [0.25, 0.3) is 3.12 Å². The number of rotatable bonds is 3. The second-order valence-electron chi connectivity index (χ2n) is 2.30. The molecular weight excluding hydrogens is 265 g/mol. The molecule has 0 bridgehead atoms. The fourth-order valence-corrected chi connectivity index (χ4v) is 1.98. The number of benzene rings is 1. The monoisotopic (exact) mass is 269 g/mol. The molecule has 0 atom stereocenters. The molecule has 1 rings (SSSR count). The molecule has 14 heavy (non-hydrogen) atoms. The third kappa shape index (κ3) is 3.96. The van der Waals surface area contributed by atoms with Crippen molar-refractivity contribution in [3.8, 4) is 0 Å². The largest absolute Gasteiger partial charge is 0.277 e. The molecule has 0 aliphatic rings. The molecule has 0 spiro atoms. The first kappa shape index (κ1) is 12.0. The van der Waals surface area contributed by atoms with Crippen LogP contribution in [0.2, 0.25) is 0 Å². The smallest absolute Gasteiger partial charge is 0.256 e. The standard InChI is InChI=1S/C8H6Cl3NOS/c9-8(10,11)14-12(6-13)7-4-2-1-3-5-7/h1-6H. The normalized spacial score (nSPS) is 11.1. The lowest BCUT2D eigenvalue weighted by Crippen LogP contribution is -2.16. The number of para-hydroxylation sites is 1. The van der Waals surface area contributed by atoms with Gasteiger partial charge in [0.2, 0.25) is 6.41 Å². The maximum Gasteiger partial charge on any atom is 0.256 e. The van der Waals surface area contributed by atoms with Gasteiger partial charge in [-0.1, -0.05) is 53.0 Å². The molecule has 0 saturated heterocycles. The minimum Gasteiger partial charge on any atom is -0.277 e. The summed E-state index contributed by atoms with van der Waals surface area (Å²) in [4.78, 5) is 10.7. The number of halogens is 3. The summed E-state index contributed by atoms with van der Waals surface area (Å²) in [5.41, 5.74) is 0.666. The predicted octanol–water partition coefficient (Wildman–Crippen LogP) is 3.63. The lowest BCUT2D eigenvalue weighted by molar-refractivity contribution is -0.106. The molecule has 0 saturated carbocycles. The van der Waals surface area contributed by atoms with Gasteiger partial charge in [-0.2, -0.15) is 0 Å². The summed E-state index contributed by atoms with van der Waals surface area (Å²) >= 11 is 17.5. The first-order chi connectivity index (χ1) is 6.53. The Kier molecular flexibility index (Phi) is 4.38. The zero-order chi connectivity index (χ0) is 10.6. The molecule has 0 aromatic heterocycles. The van der Waals surface area contributed by atoms with Crippen LogP contribution in [0.4, 0.5) is 5.69 Å². The Bertz CT molecular complexity index is 301. The van der Waals surface area contributed by atoms with Crippen molar-refractivity contribution < 1.29 is 4.79 Å². The Morgan fingerprint density at radius 2 is 1.79 bits per heavy atom. The number of carbonyl (C=O) groups is 1. The molecule has 0 fully saturated rings. The van der Waals surface area contributed by atoms with Gasteiger partial charge in [-0.05, 0) is 12.1 Å². The van der Waals surface area contributed by atoms with Crippen molar-refractivity contribution in [2.24, 2.45) is 0 Å². The number of carbonyl (C=O) groups excluding carboxylic acids is 1. The van der Waals surface area contributed by atoms with E-state index in [0.717, 1.165) is 11.9 Å². The van der Waals surface area contributed by atoms with Crippen molar-refractivity contribution >= 4 is 58.8 Å². The SMILES string of the molecule is O=CN(SC(Cl)(Cl)Cl)c1ccccc1. The van der Waals surface area contributed by atoms with Crippen molar-refractivity contribution in [1.82, 2.24) is 0 Å². The Labute approximate surface area is 101 Å². The zero-order valence-electron chi connectivity index (χ0n) is 6.86. The van der Waals surface area contributed by atoms with Crippen molar-refractivity contribution in [3.05, 3.63) is 30.3 Å². The maximum absolute atomic E-state index is 10.7. The summed E-state index contributed by atoms with van der Waals surface area (Å²) in [5, 5.41) is 0. The van der Waals surface area contributed by atoms with Gasteiger partial charge in [-0.3, -0.25) is 9.10 Å². The van der Waals surface area contributed by atoms with Gasteiger partial charge >= 0.3 is 0 Å². The van der Waals surface area contributed by atoms with Crippen molar-refractivity contribution in [3.63, 3.8) is 0 Å². The summed E-state index contributed by atoms with van der Waals surface area (Å²) in [6.45, 7) is 0. The van der Waals surface area contributed by atoms with Crippen LogP contribution in [0.15, 0.2) is 30.3 Å². The van der Waals surface area contributed by atoms with E-state index in [9.17, 15) is 4.79 Å². The summed E-state index contributed by atoms with van der Waals surface area (Å²) in [6, 6.07) is 8.93. The van der Waals surface area contributed by atoms with E-state index in [2.05, 4.69) is 0 Å². The van der Waals surface area contributed by atoms with Crippen LogP contribution in [0.25, 0.3) is 0 Å². The highest BCUT2D eigenvalue weighted by atomic mass is 35.6. The first-order valence-electron chi connectivity index (χ1n) is 3.58. The average molecular weight is 271 g/mol. The topological polar surface area (TPSA) is 20.3 Å². The van der Waals surface area contributed by atoms with Crippen molar-refractivity contribution in [2.45, 2.75) is 3.12 Å². The number of hydrogen-bond acceptors (Lipinski definition) is 2. The number of nitrogens with zero attached hydrogens (tertiary/aromatic N) is 1. The lowest BCUT2D eigenvalue weighted by atomic mass is 10.3. The second kappa shape index (κ2) is 5.12. The van der Waals surface area contributed by atoms with Crippen LogP contribution >= 0.6 is 46.8 Å². The van der Waals surface area contributed by atoms with Gasteiger partial charge in [-0.25, -0.2) is 0 Å². The summed E-state index contributed by atoms with van der Waals surface area (Å²) in [5.74, 6) is 0. The molecule has 0 aliphatic carbocycles. The highest BCUT2D eigenvalue weighted by Gasteiger charge is 2.25. The van der Waals surface area contributed by atoms with Gasteiger partial charge in [0, 0.05) is 11.9 Å². The van der Waals surface area contributed by atoms with Gasteiger partial charge in [-0.15, -0.1) is 0 Å². The molecule has 0 N–H and O–H groups in total. The minimum atomic E-state index is -1.54. The fraction of sp³-hybridized carbons (Fsp3) is 0.125. The third-order valence-electron chi connectivity index (χ3n) is 1.31. The third-order valence-corrected chi connectivity index (χ3v) is 2.63. The minimum absolute atomic E-state index is 0.599. The van der Waals surface area contributed by atoms with Crippen LogP contribution < -0.4 is 4.31 Å². The number of amides is 1. The average Bonchev–Trinajstić information content (AvgIpc) is 2.14. The zero-order valence-corrected chi connectivity index (χ0v) is 9.95. The van der Waals surface area contributed by atoms with E-state index >= 15 is 0 Å². The fourth-order valence-electron chi connectivity index (χ4n) is 0.822. The first-order valence-corrected chi connectivity index (χ1v) is 5.49. The molecule has 0 unspecified atom stereocenters. The maximum atomic E-state index is 10.7. The number of hydrogen-bond donors (Lipinski definition) is 0. The molecule has 0 aliphatic heterocycles. The highest BCUT2D eigenvalue weighted by molar-refractivity contribution is 8.06. The Morgan fingerprint density at radius 1 is 1.21 bits per heavy atom. The van der Waals surface area contributed by atoms with E-state index in [1.54, 1.807) is 24.3 Å². The van der Waals surface area contributed by atoms with Crippen molar-refractivity contribution in [2.75, 3.05) is 4.31 Å². The lowest BCUT2D eigenvalue weighted by Gasteiger charge is -2.19. The summed E-state index contributed by atoms with van der Waals surface area (Å²) in [7, 11) is 0. The van der Waals surface area contributed by atoms with E-state index in [4.69, 9.17) is 34.8 Å². The van der Waals surface area contributed by atoms with E-state index in [1.165, 1.54) is 4.31 Å². The Morgan fingerprint density at radius 3 is 2.21 bits per heavy atom. The van der Waals surface area contributed by atoms with E-state index in [-0.39, 0.29) is 0 Å². The van der Waals surface area contributed by atoms with Crippen LogP contribution in [0.1, 0.15) is 0 Å². The van der Waals surface area contributed by atoms with Crippen LogP contribution in [-0.2, 0) is 4.79 Å². The van der Waals surface area contributed by atoms with E-state index < -0.39 is 3.12 Å². The summed E-state index contributed by atoms with van der Waals surface area (Å²) in [6.07, 6.45) is 0.599. The van der Waals surface area contributed by atoms with Gasteiger partial charge < -0.3 is 0 Å². The number of alkyl halides is 3. The van der Waals surface area contributed by atoms with E-state index in [0.29, 0.717) is 12.1 Å². The molecule has 76 valence electrons. The highest BCUT2D eigenvalue weighted by Crippen LogP contribution is 2.41. The Balaban J connectivity index is 2.78. The van der Waals surface area contributed by atoms with Crippen molar-refractivity contribution in [1.29, 1.82) is 0 Å². The van der Waals surface area contributed by atoms with Gasteiger partial charge in [0.15, 0.2) is 0 Å². The Hall–Kier alpha value is -0.0900. The van der Waals surface area contributed by atoms with Crippen LogP contribution in [0.5, 0.6) is 0 Å². The van der Waals surface area contributed by atoms with Crippen LogP contribution in [0, 0.1) is 0 Å². The number of anilines is 1. The molecular formula is C8H6Cl3NOS. The molecule has 0 heterocycles. The van der Waals surface area contributed by atoms with Crippen LogP contribution in [0.3, 0.4) is 0 Å². The molecule has 1 aromatic carbocycles. The molecule has 1 aromatic rings. The molecule has 1 amide bonds. The second-order valence-corrected chi connectivity index (χ2v) is 6.45. The van der Waals surface area contributed by atoms with E-state index in [1.807, 2.05) is 6.07 Å². The molecule has 0 radical (unpaired) electrons. The van der Waals surface area contributed by atoms with Crippen LogP contribution in [-0.4, -0.2) is 9.53 Å². The van der Waals surface area contributed by atoms with Gasteiger partial charge in [0.1, 0.15) is 0 Å². The van der Waals surface area contributed by atoms with Gasteiger partial charge in [0.05, 0.1) is 5.69 Å². The molecule has 6 heteroatoms. The quantitative estimate of drug-likeness (QED) is 0.475. The molecule has 2 nitrogen and oxygen atoms in total.